The first-order chi connectivity index (χ1) is 19.5. The van der Waals surface area contributed by atoms with Gasteiger partial charge in [-0.2, -0.15) is 0 Å². The number of anilines is 3. The number of amides is 1. The quantitative estimate of drug-likeness (QED) is 0.0733. The molecule has 3 N–H and O–H groups in total. The molecule has 6 nitrogen and oxygen atoms in total. The highest BCUT2D eigenvalue weighted by Gasteiger charge is 2.22. The molecule has 0 fully saturated rings. The van der Waals surface area contributed by atoms with E-state index in [9.17, 15) is 9.59 Å². The summed E-state index contributed by atoms with van der Waals surface area (Å²) in [7, 11) is 0. The van der Waals surface area contributed by atoms with Crippen LogP contribution < -0.4 is 16.0 Å². The fourth-order valence-electron chi connectivity index (χ4n) is 3.76. The molecule has 1 amide bonds. The molecule has 4 aromatic rings. The summed E-state index contributed by atoms with van der Waals surface area (Å²) < 4.78 is 5.26. The summed E-state index contributed by atoms with van der Waals surface area (Å²) in [5.41, 5.74) is 3.69. The van der Waals surface area contributed by atoms with Crippen LogP contribution in [0.4, 0.5) is 17.1 Å². The Hall–Kier alpha value is -4.14. The number of hydrogen-bond acceptors (Lipinski definition) is 5. The first-order valence-electron chi connectivity index (χ1n) is 13.0. The van der Waals surface area contributed by atoms with Crippen molar-refractivity contribution in [2.75, 3.05) is 22.6 Å². The van der Waals surface area contributed by atoms with E-state index in [1.54, 1.807) is 24.3 Å². The molecule has 0 saturated heterocycles. The minimum absolute atomic E-state index is 0.162. The van der Waals surface area contributed by atoms with Crippen LogP contribution >= 0.6 is 24.0 Å². The van der Waals surface area contributed by atoms with Gasteiger partial charge < -0.3 is 20.7 Å². The fourth-order valence-corrected chi connectivity index (χ4v) is 5.02. The molecule has 0 aliphatic carbocycles. The molecule has 4 aromatic carbocycles. The van der Waals surface area contributed by atoms with Crippen LogP contribution in [0.5, 0.6) is 0 Å². The molecule has 0 saturated carbocycles. The molecule has 0 spiro atoms. The second kappa shape index (κ2) is 14.9. The van der Waals surface area contributed by atoms with Crippen molar-refractivity contribution in [3.05, 3.63) is 120 Å². The van der Waals surface area contributed by atoms with Crippen molar-refractivity contribution < 1.29 is 14.3 Å². The molecule has 0 aromatic heterocycles. The van der Waals surface area contributed by atoms with Crippen LogP contribution in [0, 0.1) is 0 Å². The maximum Gasteiger partial charge on any atom is 0.338 e. The molecule has 8 heteroatoms. The lowest BCUT2D eigenvalue weighted by molar-refractivity contribution is -0.115. The number of hydrogen-bond donors (Lipinski definition) is 3. The van der Waals surface area contributed by atoms with Gasteiger partial charge in [0.2, 0.25) is 5.91 Å². The van der Waals surface area contributed by atoms with Crippen LogP contribution in [0.25, 0.3) is 0 Å². The number of esters is 1. The van der Waals surface area contributed by atoms with Crippen LogP contribution in [0.1, 0.15) is 40.9 Å². The molecule has 0 radical (unpaired) electrons. The number of nitrogens with one attached hydrogen (secondary N) is 3. The van der Waals surface area contributed by atoms with Crippen molar-refractivity contribution in [1.82, 2.24) is 0 Å². The number of rotatable bonds is 11. The van der Waals surface area contributed by atoms with E-state index in [1.807, 2.05) is 91.9 Å². The van der Waals surface area contributed by atoms with E-state index in [0.29, 0.717) is 23.0 Å². The zero-order valence-corrected chi connectivity index (χ0v) is 23.8. The van der Waals surface area contributed by atoms with Gasteiger partial charge in [-0.15, -0.1) is 11.8 Å². The number of carbonyl (C=O) groups excluding carboxylic acids is 2. The molecule has 1 unspecified atom stereocenters. The van der Waals surface area contributed by atoms with Crippen LogP contribution in [0.2, 0.25) is 0 Å². The van der Waals surface area contributed by atoms with E-state index in [1.165, 1.54) is 11.8 Å². The molecule has 0 aliphatic heterocycles. The fraction of sp³-hybridized carbons (Fsp3) is 0.156. The van der Waals surface area contributed by atoms with Crippen molar-refractivity contribution in [1.29, 1.82) is 0 Å². The van der Waals surface area contributed by atoms with E-state index in [-0.39, 0.29) is 11.9 Å². The van der Waals surface area contributed by atoms with Crippen molar-refractivity contribution >= 4 is 58.0 Å². The van der Waals surface area contributed by atoms with Crippen molar-refractivity contribution in [2.45, 2.75) is 29.9 Å². The summed E-state index contributed by atoms with van der Waals surface area (Å²) >= 11 is 6.88. The Labute approximate surface area is 244 Å². The maximum absolute atomic E-state index is 13.4. The van der Waals surface area contributed by atoms with Gasteiger partial charge in [0, 0.05) is 22.0 Å². The van der Waals surface area contributed by atoms with Crippen LogP contribution in [-0.2, 0) is 9.53 Å². The zero-order chi connectivity index (χ0) is 28.2. The number of carbonyl (C=O) groups is 2. The standard InChI is InChI=1S/C32H31N3O3S2/c1-2-3-22-38-31(37)24-14-16-26(17-15-24)33-30(36)29(23-10-6-4-7-11-23)40-28-20-18-27(19-21-28)35-32(39)34-25-12-8-5-9-13-25/h4-21,29H,2-3,22H2,1H3,(H,33,36)(H2,34,35,39). The minimum Gasteiger partial charge on any atom is -0.462 e. The maximum atomic E-state index is 13.4. The number of unbranched alkanes of at least 4 members (excludes halogenated alkanes) is 1. The van der Waals surface area contributed by atoms with Gasteiger partial charge in [-0.3, -0.25) is 4.79 Å². The Bertz CT molecular complexity index is 1400. The summed E-state index contributed by atoms with van der Waals surface area (Å²) in [4.78, 5) is 26.6. The van der Waals surface area contributed by atoms with Crippen LogP contribution in [-0.4, -0.2) is 23.6 Å². The predicted molar refractivity (Wildman–Crippen MR) is 168 cm³/mol. The highest BCUT2D eigenvalue weighted by atomic mass is 32.2. The van der Waals surface area contributed by atoms with E-state index >= 15 is 0 Å². The Morgan fingerprint density at radius 2 is 1.30 bits per heavy atom. The van der Waals surface area contributed by atoms with Gasteiger partial charge in [0.1, 0.15) is 5.25 Å². The van der Waals surface area contributed by atoms with Gasteiger partial charge in [-0.25, -0.2) is 4.79 Å². The summed E-state index contributed by atoms with van der Waals surface area (Å²) in [5, 5.41) is 9.34. The van der Waals surface area contributed by atoms with Crippen molar-refractivity contribution in [3.8, 4) is 0 Å². The number of thiocarbonyl (C=S) groups is 1. The molecule has 0 aliphatic rings. The van der Waals surface area contributed by atoms with E-state index in [2.05, 4.69) is 16.0 Å². The average Bonchev–Trinajstić information content (AvgIpc) is 2.98. The molecule has 0 bridgehead atoms. The first kappa shape index (κ1) is 28.9. The number of para-hydroxylation sites is 1. The Balaban J connectivity index is 1.40. The third kappa shape index (κ3) is 8.69. The second-order valence-corrected chi connectivity index (χ2v) is 10.5. The number of ether oxygens (including phenoxy) is 1. The largest absolute Gasteiger partial charge is 0.462 e. The lowest BCUT2D eigenvalue weighted by atomic mass is 10.1. The third-order valence-electron chi connectivity index (χ3n) is 5.86. The number of thioether (sulfide) groups is 1. The van der Waals surface area contributed by atoms with Crippen molar-refractivity contribution in [3.63, 3.8) is 0 Å². The SMILES string of the molecule is CCCCOC(=O)c1ccc(NC(=O)C(Sc2ccc(NC(=S)Nc3ccccc3)cc2)c2ccccc2)cc1. The molecule has 1 atom stereocenters. The second-order valence-electron chi connectivity index (χ2n) is 8.93. The van der Waals surface area contributed by atoms with E-state index < -0.39 is 5.25 Å². The van der Waals surface area contributed by atoms with Gasteiger partial charge in [-0.05, 0) is 84.9 Å². The highest BCUT2D eigenvalue weighted by Crippen LogP contribution is 2.36. The van der Waals surface area contributed by atoms with E-state index in [4.69, 9.17) is 17.0 Å². The molecule has 0 heterocycles. The summed E-state index contributed by atoms with van der Waals surface area (Å²) in [5.74, 6) is -0.525. The molecule has 204 valence electrons. The van der Waals surface area contributed by atoms with Gasteiger partial charge >= 0.3 is 5.97 Å². The Kier molecular flexibility index (Phi) is 10.7. The summed E-state index contributed by atoms with van der Waals surface area (Å²) in [6.07, 6.45) is 1.79. The summed E-state index contributed by atoms with van der Waals surface area (Å²) in [6, 6.07) is 33.9. The molecular formula is C32H31N3O3S2. The topological polar surface area (TPSA) is 79.5 Å². The molecule has 40 heavy (non-hydrogen) atoms. The normalized spacial score (nSPS) is 11.2. The highest BCUT2D eigenvalue weighted by molar-refractivity contribution is 8.00. The Morgan fingerprint density at radius 3 is 1.93 bits per heavy atom. The third-order valence-corrected chi connectivity index (χ3v) is 7.33. The first-order valence-corrected chi connectivity index (χ1v) is 14.3. The van der Waals surface area contributed by atoms with Crippen LogP contribution in [0.15, 0.2) is 114 Å². The van der Waals surface area contributed by atoms with Gasteiger partial charge in [0.25, 0.3) is 0 Å². The zero-order valence-electron chi connectivity index (χ0n) is 22.1. The van der Waals surface area contributed by atoms with E-state index in [0.717, 1.165) is 34.7 Å². The van der Waals surface area contributed by atoms with Crippen LogP contribution in [0.3, 0.4) is 0 Å². The number of benzene rings is 4. The van der Waals surface area contributed by atoms with Gasteiger partial charge in [0.15, 0.2) is 5.11 Å². The Morgan fingerprint density at radius 1 is 0.750 bits per heavy atom. The van der Waals surface area contributed by atoms with Gasteiger partial charge in [-0.1, -0.05) is 61.9 Å². The predicted octanol–water partition coefficient (Wildman–Crippen LogP) is 7.92. The van der Waals surface area contributed by atoms with Crippen molar-refractivity contribution in [2.24, 2.45) is 0 Å². The lowest BCUT2D eigenvalue weighted by Gasteiger charge is -2.18. The molecular weight excluding hydrogens is 539 g/mol. The van der Waals surface area contributed by atoms with Gasteiger partial charge in [0.05, 0.1) is 12.2 Å². The average molecular weight is 570 g/mol. The lowest BCUT2D eigenvalue weighted by Crippen LogP contribution is -2.19. The molecule has 4 rings (SSSR count). The minimum atomic E-state index is -0.487. The smallest absolute Gasteiger partial charge is 0.338 e. The summed E-state index contributed by atoms with van der Waals surface area (Å²) in [6.45, 7) is 2.44. The monoisotopic (exact) mass is 569 g/mol.